The molecule has 0 radical (unpaired) electrons. The monoisotopic (exact) mass is 279 g/mol. The summed E-state index contributed by atoms with van der Waals surface area (Å²) >= 11 is 5.76. The van der Waals surface area contributed by atoms with E-state index in [1.54, 1.807) is 0 Å². The number of hydrogen-bond donors (Lipinski definition) is 0. The van der Waals surface area contributed by atoms with Crippen molar-refractivity contribution in [3.63, 3.8) is 0 Å². The van der Waals surface area contributed by atoms with Crippen molar-refractivity contribution in [3.05, 3.63) is 29.0 Å². The molecule has 1 aromatic rings. The Kier molecular flexibility index (Phi) is 3.67. The molecule has 94 valence electrons. The number of hydrogen-bond acceptors (Lipinski definition) is 3. The van der Waals surface area contributed by atoms with Gasteiger partial charge in [0.2, 0.25) is 10.0 Å². The Morgan fingerprint density at radius 1 is 1.29 bits per heavy atom. The lowest BCUT2D eigenvalue weighted by atomic mass is 10.3. The molecule has 0 saturated carbocycles. The van der Waals surface area contributed by atoms with Crippen LogP contribution in [0.1, 0.15) is 0 Å². The minimum absolute atomic E-state index is 0.0672. The summed E-state index contributed by atoms with van der Waals surface area (Å²) < 4.78 is 43.6. The number of morpholine rings is 1. The Morgan fingerprint density at radius 3 is 2.53 bits per heavy atom. The molecule has 0 bridgehead atoms. The molecule has 4 nitrogen and oxygen atoms in total. The maximum absolute atomic E-state index is 12.9. The van der Waals surface area contributed by atoms with Crippen LogP contribution in [0.2, 0.25) is 5.02 Å². The molecule has 0 unspecified atom stereocenters. The van der Waals surface area contributed by atoms with Crippen molar-refractivity contribution in [1.29, 1.82) is 0 Å². The van der Waals surface area contributed by atoms with Crippen LogP contribution in [0.4, 0.5) is 4.39 Å². The molecule has 0 amide bonds. The van der Waals surface area contributed by atoms with Crippen molar-refractivity contribution in [1.82, 2.24) is 4.31 Å². The molecular formula is C10H11ClFNO3S. The number of benzene rings is 1. The summed E-state index contributed by atoms with van der Waals surface area (Å²) in [6.07, 6.45) is 0. The number of nitrogens with zero attached hydrogens (tertiary/aromatic N) is 1. The molecule has 1 aromatic carbocycles. The van der Waals surface area contributed by atoms with Gasteiger partial charge in [-0.15, -0.1) is 0 Å². The van der Waals surface area contributed by atoms with Crippen LogP contribution in [0.5, 0.6) is 0 Å². The molecule has 1 aliphatic rings. The van der Waals surface area contributed by atoms with Gasteiger partial charge in [0, 0.05) is 13.1 Å². The Morgan fingerprint density at radius 2 is 1.94 bits per heavy atom. The zero-order chi connectivity index (χ0) is 12.5. The third kappa shape index (κ3) is 2.60. The van der Waals surface area contributed by atoms with Gasteiger partial charge < -0.3 is 4.74 Å². The van der Waals surface area contributed by atoms with Crippen LogP contribution in [0.25, 0.3) is 0 Å². The molecule has 1 aliphatic heterocycles. The van der Waals surface area contributed by atoms with Crippen LogP contribution in [-0.2, 0) is 14.8 Å². The molecule has 0 aliphatic carbocycles. The van der Waals surface area contributed by atoms with Gasteiger partial charge in [0.1, 0.15) is 10.7 Å². The predicted molar refractivity (Wildman–Crippen MR) is 61.0 cm³/mol. The third-order valence-corrected chi connectivity index (χ3v) is 4.86. The van der Waals surface area contributed by atoms with E-state index in [1.807, 2.05) is 0 Å². The van der Waals surface area contributed by atoms with E-state index in [0.717, 1.165) is 12.1 Å². The van der Waals surface area contributed by atoms with E-state index in [1.165, 1.54) is 10.4 Å². The van der Waals surface area contributed by atoms with Gasteiger partial charge in [-0.25, -0.2) is 12.8 Å². The van der Waals surface area contributed by atoms with Crippen LogP contribution in [-0.4, -0.2) is 39.0 Å². The highest BCUT2D eigenvalue weighted by atomic mass is 35.5. The molecule has 2 rings (SSSR count). The normalized spacial score (nSPS) is 18.2. The largest absolute Gasteiger partial charge is 0.379 e. The average Bonchev–Trinajstić information content (AvgIpc) is 2.29. The molecule has 0 spiro atoms. The van der Waals surface area contributed by atoms with Crippen molar-refractivity contribution in [2.75, 3.05) is 26.3 Å². The van der Waals surface area contributed by atoms with Crippen LogP contribution >= 0.6 is 11.6 Å². The highest BCUT2D eigenvalue weighted by molar-refractivity contribution is 7.89. The fourth-order valence-corrected chi connectivity index (χ4v) is 3.52. The second-order valence-corrected chi connectivity index (χ2v) is 5.90. The summed E-state index contributed by atoms with van der Waals surface area (Å²) in [5.41, 5.74) is 0. The summed E-state index contributed by atoms with van der Waals surface area (Å²) in [7, 11) is -3.65. The van der Waals surface area contributed by atoms with E-state index >= 15 is 0 Å². The maximum atomic E-state index is 12.9. The molecule has 0 aromatic heterocycles. The first-order valence-electron chi connectivity index (χ1n) is 5.05. The van der Waals surface area contributed by atoms with Crippen molar-refractivity contribution in [3.8, 4) is 0 Å². The van der Waals surface area contributed by atoms with Gasteiger partial charge in [-0.1, -0.05) is 11.6 Å². The molecule has 1 fully saturated rings. The van der Waals surface area contributed by atoms with E-state index in [4.69, 9.17) is 16.3 Å². The maximum Gasteiger partial charge on any atom is 0.244 e. The lowest BCUT2D eigenvalue weighted by Gasteiger charge is -2.26. The van der Waals surface area contributed by atoms with Gasteiger partial charge in [0.05, 0.1) is 18.2 Å². The van der Waals surface area contributed by atoms with E-state index in [0.29, 0.717) is 13.2 Å². The van der Waals surface area contributed by atoms with Crippen molar-refractivity contribution in [2.45, 2.75) is 4.90 Å². The van der Waals surface area contributed by atoms with Gasteiger partial charge in [-0.05, 0) is 18.2 Å². The average molecular weight is 280 g/mol. The minimum atomic E-state index is -3.65. The molecule has 7 heteroatoms. The Labute approximate surface area is 104 Å². The molecule has 0 atom stereocenters. The van der Waals surface area contributed by atoms with E-state index < -0.39 is 15.8 Å². The van der Waals surface area contributed by atoms with E-state index in [-0.39, 0.29) is 23.0 Å². The summed E-state index contributed by atoms with van der Waals surface area (Å²) in [4.78, 5) is -0.0672. The second-order valence-electron chi connectivity index (χ2n) is 3.59. The third-order valence-electron chi connectivity index (χ3n) is 2.48. The SMILES string of the molecule is O=S(=O)(c1ccc(F)cc1Cl)N1CCOCC1. The summed E-state index contributed by atoms with van der Waals surface area (Å²) in [6.45, 7) is 1.29. The summed E-state index contributed by atoms with van der Waals surface area (Å²) in [6, 6.07) is 3.26. The van der Waals surface area contributed by atoms with Crippen molar-refractivity contribution >= 4 is 21.6 Å². The van der Waals surface area contributed by atoms with E-state index in [2.05, 4.69) is 0 Å². The summed E-state index contributed by atoms with van der Waals surface area (Å²) in [5, 5.41) is -0.100. The van der Waals surface area contributed by atoms with Crippen molar-refractivity contribution in [2.24, 2.45) is 0 Å². The standard InChI is InChI=1S/C10H11ClFNO3S/c11-9-7-8(12)1-2-10(9)17(14,15)13-3-5-16-6-4-13/h1-2,7H,3-6H2. The number of rotatable bonds is 2. The molecular weight excluding hydrogens is 269 g/mol. The van der Waals surface area contributed by atoms with Crippen LogP contribution in [0.15, 0.2) is 23.1 Å². The zero-order valence-electron chi connectivity index (χ0n) is 8.90. The topological polar surface area (TPSA) is 46.6 Å². The van der Waals surface area contributed by atoms with Gasteiger partial charge in [0.25, 0.3) is 0 Å². The molecule has 0 N–H and O–H groups in total. The van der Waals surface area contributed by atoms with Gasteiger partial charge in [0.15, 0.2) is 0 Å². The minimum Gasteiger partial charge on any atom is -0.379 e. The fraction of sp³-hybridized carbons (Fsp3) is 0.400. The Hall–Kier alpha value is -0.690. The molecule has 1 heterocycles. The van der Waals surface area contributed by atoms with E-state index in [9.17, 15) is 12.8 Å². The lowest BCUT2D eigenvalue weighted by Crippen LogP contribution is -2.40. The Balaban J connectivity index is 2.37. The van der Waals surface area contributed by atoms with Gasteiger partial charge in [-0.2, -0.15) is 4.31 Å². The zero-order valence-corrected chi connectivity index (χ0v) is 10.5. The fourth-order valence-electron chi connectivity index (χ4n) is 1.61. The van der Waals surface area contributed by atoms with Crippen LogP contribution < -0.4 is 0 Å². The highest BCUT2D eigenvalue weighted by Crippen LogP contribution is 2.25. The Bertz CT molecular complexity index is 514. The first kappa shape index (κ1) is 12.8. The smallest absolute Gasteiger partial charge is 0.244 e. The highest BCUT2D eigenvalue weighted by Gasteiger charge is 2.28. The second kappa shape index (κ2) is 4.89. The summed E-state index contributed by atoms with van der Waals surface area (Å²) in [5.74, 6) is -0.559. The van der Waals surface area contributed by atoms with Crippen LogP contribution in [0, 0.1) is 5.82 Å². The van der Waals surface area contributed by atoms with Crippen LogP contribution in [0.3, 0.4) is 0 Å². The molecule has 17 heavy (non-hydrogen) atoms. The molecule has 1 saturated heterocycles. The van der Waals surface area contributed by atoms with Crippen molar-refractivity contribution < 1.29 is 17.5 Å². The van der Waals surface area contributed by atoms with Gasteiger partial charge in [-0.3, -0.25) is 0 Å². The first-order valence-corrected chi connectivity index (χ1v) is 6.86. The lowest BCUT2D eigenvalue weighted by molar-refractivity contribution is 0.0730. The number of halogens is 2. The predicted octanol–water partition coefficient (Wildman–Crippen LogP) is 1.50. The quantitative estimate of drug-likeness (QED) is 0.824. The number of ether oxygens (including phenoxy) is 1. The number of sulfonamides is 1. The van der Waals surface area contributed by atoms with Gasteiger partial charge >= 0.3 is 0 Å². The first-order chi connectivity index (χ1) is 8.01.